The van der Waals surface area contributed by atoms with Gasteiger partial charge in [-0.1, -0.05) is 30.3 Å². The van der Waals surface area contributed by atoms with Crippen LogP contribution in [0.2, 0.25) is 0 Å². The topological polar surface area (TPSA) is 101 Å². The average Bonchev–Trinajstić information content (AvgIpc) is 3.40. The SMILES string of the molecule is O=C(NC1CC1)c1ccc(N(C(=O)C2CSC(C3CCOC3)N2C(=O)OCc2ccccc2)c2nccs2)cc1. The highest BCUT2D eigenvalue weighted by Crippen LogP contribution is 2.40. The lowest BCUT2D eigenvalue weighted by molar-refractivity contribution is -0.122. The molecule has 9 nitrogen and oxygen atoms in total. The van der Waals surface area contributed by atoms with E-state index in [9.17, 15) is 14.4 Å². The Morgan fingerprint density at radius 1 is 1.07 bits per heavy atom. The van der Waals surface area contributed by atoms with Crippen molar-refractivity contribution in [1.82, 2.24) is 15.2 Å². The number of benzene rings is 2. The highest BCUT2D eigenvalue weighted by Gasteiger charge is 2.48. The van der Waals surface area contributed by atoms with Gasteiger partial charge in [0.1, 0.15) is 12.6 Å². The van der Waals surface area contributed by atoms with Crippen molar-refractivity contribution in [3.8, 4) is 0 Å². The summed E-state index contributed by atoms with van der Waals surface area (Å²) in [6, 6.07) is 15.9. The molecule has 1 N–H and O–H groups in total. The number of anilines is 2. The molecule has 3 heterocycles. The van der Waals surface area contributed by atoms with Crippen LogP contribution in [0, 0.1) is 5.92 Å². The van der Waals surface area contributed by atoms with Gasteiger partial charge in [0, 0.05) is 41.5 Å². The van der Waals surface area contributed by atoms with Crippen molar-refractivity contribution in [2.75, 3.05) is 23.9 Å². The summed E-state index contributed by atoms with van der Waals surface area (Å²) in [5, 5.41) is 5.06. The van der Waals surface area contributed by atoms with Crippen molar-refractivity contribution in [1.29, 1.82) is 0 Å². The fraction of sp³-hybridized carbons (Fsp3) is 0.379. The number of hydrogen-bond acceptors (Lipinski definition) is 8. The number of aromatic nitrogens is 1. The number of thioether (sulfide) groups is 1. The van der Waals surface area contributed by atoms with E-state index in [0.717, 1.165) is 24.8 Å². The van der Waals surface area contributed by atoms with Gasteiger partial charge in [-0.15, -0.1) is 23.1 Å². The van der Waals surface area contributed by atoms with Gasteiger partial charge in [0.15, 0.2) is 5.13 Å². The van der Waals surface area contributed by atoms with Crippen LogP contribution in [0.1, 0.15) is 35.2 Å². The molecule has 2 aliphatic heterocycles. The molecular weight excluding hydrogens is 548 g/mol. The molecule has 2 saturated heterocycles. The first kappa shape index (κ1) is 26.8. The second-order valence-corrected chi connectivity index (χ2v) is 12.1. The Balaban J connectivity index is 1.26. The third-order valence-electron chi connectivity index (χ3n) is 7.24. The van der Waals surface area contributed by atoms with Crippen molar-refractivity contribution in [3.05, 3.63) is 77.3 Å². The van der Waals surface area contributed by atoms with Crippen molar-refractivity contribution in [3.63, 3.8) is 0 Å². The summed E-state index contributed by atoms with van der Waals surface area (Å²) in [7, 11) is 0. The van der Waals surface area contributed by atoms with Crippen molar-refractivity contribution in [2.45, 2.75) is 43.3 Å². The first-order valence-corrected chi connectivity index (χ1v) is 15.3. The predicted molar refractivity (Wildman–Crippen MR) is 154 cm³/mol. The van der Waals surface area contributed by atoms with E-state index in [1.54, 1.807) is 57.4 Å². The van der Waals surface area contributed by atoms with Gasteiger partial charge in [-0.3, -0.25) is 19.4 Å². The van der Waals surface area contributed by atoms with E-state index >= 15 is 0 Å². The predicted octanol–water partition coefficient (Wildman–Crippen LogP) is 4.82. The fourth-order valence-electron chi connectivity index (χ4n) is 4.95. The van der Waals surface area contributed by atoms with Crippen LogP contribution in [0.3, 0.4) is 0 Å². The number of carbonyl (C=O) groups excluding carboxylic acids is 3. The van der Waals surface area contributed by atoms with Crippen LogP contribution in [0.4, 0.5) is 15.6 Å². The van der Waals surface area contributed by atoms with Crippen molar-refractivity contribution >= 4 is 51.8 Å². The zero-order valence-corrected chi connectivity index (χ0v) is 23.4. The Kier molecular flexibility index (Phi) is 8.03. The minimum absolute atomic E-state index is 0.115. The molecular formula is C29H30N4O5S2. The molecule has 1 aromatic heterocycles. The second-order valence-electron chi connectivity index (χ2n) is 10.1. The maximum absolute atomic E-state index is 14.3. The molecule has 3 aromatic rings. The zero-order valence-electron chi connectivity index (χ0n) is 21.8. The van der Waals surface area contributed by atoms with Gasteiger partial charge in [0.2, 0.25) is 0 Å². The van der Waals surface area contributed by atoms with E-state index in [0.29, 0.717) is 35.3 Å². The molecule has 11 heteroatoms. The van der Waals surface area contributed by atoms with Crippen LogP contribution in [-0.4, -0.2) is 64.2 Å². The highest BCUT2D eigenvalue weighted by molar-refractivity contribution is 8.00. The molecule has 208 valence electrons. The standard InChI is InChI=1S/C29H30N4O5S2/c34-25(31-22-8-9-22)20-6-10-23(11-7-20)32(28-30-13-15-39-28)26(35)24-18-40-27(21-12-14-37-17-21)33(24)29(36)38-16-19-4-2-1-3-5-19/h1-7,10-11,13,15,21-22,24,27H,8-9,12,14,16-18H2,(H,31,34). The Morgan fingerprint density at radius 2 is 1.88 bits per heavy atom. The molecule has 6 rings (SSSR count). The molecule has 3 atom stereocenters. The maximum Gasteiger partial charge on any atom is 0.411 e. The molecule has 40 heavy (non-hydrogen) atoms. The quantitative estimate of drug-likeness (QED) is 0.409. The normalized spacial score (nSPS) is 22.2. The third-order valence-corrected chi connectivity index (χ3v) is 9.45. The number of carbonyl (C=O) groups is 3. The monoisotopic (exact) mass is 578 g/mol. The highest BCUT2D eigenvalue weighted by atomic mass is 32.2. The van der Waals surface area contributed by atoms with Crippen LogP contribution < -0.4 is 10.2 Å². The zero-order chi connectivity index (χ0) is 27.5. The van der Waals surface area contributed by atoms with E-state index in [1.807, 2.05) is 30.3 Å². The Morgan fingerprint density at radius 3 is 2.55 bits per heavy atom. The van der Waals surface area contributed by atoms with E-state index < -0.39 is 12.1 Å². The number of ether oxygens (including phenoxy) is 2. The molecule has 3 amide bonds. The molecule has 3 fully saturated rings. The lowest BCUT2D eigenvalue weighted by Crippen LogP contribution is -2.51. The molecule has 2 aromatic carbocycles. The Labute approximate surface area is 240 Å². The second kappa shape index (κ2) is 12.0. The van der Waals surface area contributed by atoms with Crippen molar-refractivity contribution < 1.29 is 23.9 Å². The fourth-order valence-corrected chi connectivity index (χ4v) is 7.18. The number of nitrogens with zero attached hydrogens (tertiary/aromatic N) is 3. The Bertz CT molecular complexity index is 1330. The number of nitrogens with one attached hydrogen (secondary N) is 1. The van der Waals surface area contributed by atoms with Crippen LogP contribution in [-0.2, 0) is 20.9 Å². The average molecular weight is 579 g/mol. The van der Waals surface area contributed by atoms with E-state index in [2.05, 4.69) is 10.3 Å². The van der Waals surface area contributed by atoms with Gasteiger partial charge in [0.05, 0.1) is 17.7 Å². The van der Waals surface area contributed by atoms with Crippen LogP contribution >= 0.6 is 23.1 Å². The molecule has 0 radical (unpaired) electrons. The minimum atomic E-state index is -0.749. The summed E-state index contributed by atoms with van der Waals surface area (Å²) in [4.78, 5) is 48.0. The van der Waals surface area contributed by atoms with E-state index in [4.69, 9.17) is 9.47 Å². The largest absolute Gasteiger partial charge is 0.445 e. The molecule has 0 bridgehead atoms. The van der Waals surface area contributed by atoms with Gasteiger partial charge in [-0.2, -0.15) is 0 Å². The first-order chi connectivity index (χ1) is 19.6. The van der Waals surface area contributed by atoms with E-state index in [-0.39, 0.29) is 35.8 Å². The minimum Gasteiger partial charge on any atom is -0.445 e. The smallest absolute Gasteiger partial charge is 0.411 e. The molecule has 1 saturated carbocycles. The molecule has 3 aliphatic rings. The number of thiazole rings is 1. The first-order valence-electron chi connectivity index (χ1n) is 13.4. The summed E-state index contributed by atoms with van der Waals surface area (Å²) in [5.74, 6) is 0.159. The van der Waals surface area contributed by atoms with E-state index in [1.165, 1.54) is 11.3 Å². The van der Waals surface area contributed by atoms with Crippen molar-refractivity contribution in [2.24, 2.45) is 5.92 Å². The lowest BCUT2D eigenvalue weighted by atomic mass is 10.1. The lowest BCUT2D eigenvalue weighted by Gasteiger charge is -2.33. The van der Waals surface area contributed by atoms with Crippen LogP contribution in [0.15, 0.2) is 66.2 Å². The summed E-state index contributed by atoms with van der Waals surface area (Å²) in [6.07, 6.45) is 3.96. The molecule has 3 unspecified atom stereocenters. The number of amides is 3. The van der Waals surface area contributed by atoms with Gasteiger partial charge in [0.25, 0.3) is 11.8 Å². The van der Waals surface area contributed by atoms with Gasteiger partial charge in [-0.05, 0) is 49.1 Å². The van der Waals surface area contributed by atoms with Crippen LogP contribution in [0.25, 0.3) is 0 Å². The molecule has 0 spiro atoms. The Hall–Kier alpha value is -3.41. The van der Waals surface area contributed by atoms with Gasteiger partial charge >= 0.3 is 6.09 Å². The molecule has 1 aliphatic carbocycles. The summed E-state index contributed by atoms with van der Waals surface area (Å²) in [5.41, 5.74) is 1.99. The number of rotatable bonds is 8. The summed E-state index contributed by atoms with van der Waals surface area (Å²) >= 11 is 2.93. The van der Waals surface area contributed by atoms with Crippen LogP contribution in [0.5, 0.6) is 0 Å². The van der Waals surface area contributed by atoms with Gasteiger partial charge < -0.3 is 14.8 Å². The third kappa shape index (κ3) is 5.86. The summed E-state index contributed by atoms with van der Waals surface area (Å²) < 4.78 is 11.4. The van der Waals surface area contributed by atoms with Gasteiger partial charge in [-0.25, -0.2) is 9.78 Å². The number of hydrogen-bond donors (Lipinski definition) is 1. The summed E-state index contributed by atoms with van der Waals surface area (Å²) in [6.45, 7) is 1.30. The maximum atomic E-state index is 14.3.